The molecule has 5 heteroatoms. The Hall–Kier alpha value is -6.17. The molecule has 10 aromatic rings. The Bertz CT molecular complexity index is 2780. The van der Waals surface area contributed by atoms with Crippen molar-refractivity contribution in [2.24, 2.45) is 0 Å². The zero-order valence-corrected chi connectivity index (χ0v) is 26.4. The highest BCUT2D eigenvalue weighted by atomic mass is 32.1. The van der Waals surface area contributed by atoms with E-state index in [1.807, 2.05) is 72.8 Å². The van der Waals surface area contributed by atoms with Gasteiger partial charge in [-0.15, -0.1) is 11.3 Å². The summed E-state index contributed by atoms with van der Waals surface area (Å²) < 4.78 is 8.85. The molecular weight excluding hydrogens is 607 g/mol. The summed E-state index contributed by atoms with van der Waals surface area (Å²) in [6.45, 7) is 0. The van der Waals surface area contributed by atoms with Crippen LogP contribution >= 0.6 is 11.3 Å². The molecule has 4 nitrogen and oxygen atoms in total. The first kappa shape index (κ1) is 27.0. The lowest BCUT2D eigenvalue weighted by Gasteiger charge is -2.10. The number of para-hydroxylation sites is 1. The number of nitrogens with zero attached hydrogens (tertiary/aromatic N) is 3. The lowest BCUT2D eigenvalue weighted by molar-refractivity contribution is 0.672. The minimum absolute atomic E-state index is 0.658. The summed E-state index contributed by atoms with van der Waals surface area (Å²) in [5.74, 6) is 1.98. The maximum atomic E-state index is 6.41. The second kappa shape index (κ2) is 10.7. The number of aromatic nitrogens is 3. The Morgan fingerprint density at radius 2 is 1.02 bits per heavy atom. The number of hydrogen-bond donors (Lipinski definition) is 0. The first-order valence-electron chi connectivity index (χ1n) is 15.9. The number of fused-ring (bicyclic) bond motifs is 8. The molecule has 0 N–H and O–H groups in total. The predicted molar refractivity (Wildman–Crippen MR) is 199 cm³/mol. The van der Waals surface area contributed by atoms with E-state index in [0.29, 0.717) is 17.5 Å². The highest BCUT2D eigenvalue weighted by molar-refractivity contribution is 7.26. The van der Waals surface area contributed by atoms with E-state index in [0.717, 1.165) is 44.0 Å². The molecule has 7 aromatic carbocycles. The second-order valence-corrected chi connectivity index (χ2v) is 13.1. The zero-order chi connectivity index (χ0) is 31.6. The molecule has 0 atom stereocenters. The van der Waals surface area contributed by atoms with Crippen LogP contribution in [0.15, 0.2) is 156 Å². The van der Waals surface area contributed by atoms with Gasteiger partial charge in [0.25, 0.3) is 0 Å². The Balaban J connectivity index is 1.18. The van der Waals surface area contributed by atoms with Crippen molar-refractivity contribution in [3.8, 4) is 45.3 Å². The highest BCUT2D eigenvalue weighted by Gasteiger charge is 2.19. The third-order valence-corrected chi connectivity index (χ3v) is 10.2. The fourth-order valence-electron chi connectivity index (χ4n) is 6.90. The molecule has 0 fully saturated rings. The van der Waals surface area contributed by atoms with Crippen LogP contribution in [0.2, 0.25) is 0 Å². The van der Waals surface area contributed by atoms with E-state index in [-0.39, 0.29) is 0 Å². The molecule has 224 valence electrons. The van der Waals surface area contributed by atoms with Gasteiger partial charge in [-0.1, -0.05) is 127 Å². The average molecular weight is 632 g/mol. The molecule has 3 heterocycles. The summed E-state index contributed by atoms with van der Waals surface area (Å²) in [5.41, 5.74) is 7.14. The van der Waals surface area contributed by atoms with Crippen molar-refractivity contribution in [3.63, 3.8) is 0 Å². The molecule has 0 saturated heterocycles. The second-order valence-electron chi connectivity index (χ2n) is 12.0. The van der Waals surface area contributed by atoms with Crippen molar-refractivity contribution in [2.75, 3.05) is 0 Å². The van der Waals surface area contributed by atoms with Crippen LogP contribution in [0.3, 0.4) is 0 Å². The number of benzene rings is 7. The van der Waals surface area contributed by atoms with E-state index in [2.05, 4.69) is 78.9 Å². The molecule has 0 aliphatic rings. The van der Waals surface area contributed by atoms with Gasteiger partial charge in [0.1, 0.15) is 11.2 Å². The largest absolute Gasteiger partial charge is 0.455 e. The topological polar surface area (TPSA) is 51.8 Å². The Kier molecular flexibility index (Phi) is 6.01. The van der Waals surface area contributed by atoms with Gasteiger partial charge in [-0.3, -0.25) is 0 Å². The number of rotatable bonds is 4. The zero-order valence-electron chi connectivity index (χ0n) is 25.6. The van der Waals surface area contributed by atoms with E-state index in [9.17, 15) is 0 Å². The van der Waals surface area contributed by atoms with Gasteiger partial charge in [0, 0.05) is 53.0 Å². The predicted octanol–water partition coefficient (Wildman–Crippen LogP) is 12.0. The third-order valence-electron chi connectivity index (χ3n) is 9.13. The van der Waals surface area contributed by atoms with Gasteiger partial charge in [0.2, 0.25) is 0 Å². The van der Waals surface area contributed by atoms with Crippen molar-refractivity contribution < 1.29 is 4.42 Å². The van der Waals surface area contributed by atoms with Gasteiger partial charge in [-0.05, 0) is 40.8 Å². The first-order chi connectivity index (χ1) is 23.8. The van der Waals surface area contributed by atoms with E-state index in [1.165, 1.54) is 36.7 Å². The van der Waals surface area contributed by atoms with E-state index in [1.54, 1.807) is 11.3 Å². The molecule has 0 spiro atoms. The summed E-state index contributed by atoms with van der Waals surface area (Å²) in [6.07, 6.45) is 0. The van der Waals surface area contributed by atoms with Crippen LogP contribution < -0.4 is 0 Å². The fraction of sp³-hybridized carbons (Fsp3) is 0. The molecule has 0 aliphatic carbocycles. The van der Waals surface area contributed by atoms with Crippen LogP contribution in [0.5, 0.6) is 0 Å². The van der Waals surface area contributed by atoms with Crippen LogP contribution in [0.1, 0.15) is 0 Å². The molecule has 0 saturated carbocycles. The fourth-order valence-corrected chi connectivity index (χ4v) is 8.07. The van der Waals surface area contributed by atoms with Crippen molar-refractivity contribution >= 4 is 64.2 Å². The van der Waals surface area contributed by atoms with E-state index < -0.39 is 0 Å². The quantitative estimate of drug-likeness (QED) is 0.194. The smallest absolute Gasteiger partial charge is 0.164 e. The average Bonchev–Trinajstić information content (AvgIpc) is 3.73. The lowest BCUT2D eigenvalue weighted by Crippen LogP contribution is -1.99. The monoisotopic (exact) mass is 631 g/mol. The molecule has 0 radical (unpaired) electrons. The van der Waals surface area contributed by atoms with Crippen LogP contribution in [-0.4, -0.2) is 15.0 Å². The molecular formula is C43H25N3OS. The van der Waals surface area contributed by atoms with E-state index in [4.69, 9.17) is 19.4 Å². The Labute approximate surface area is 279 Å². The SMILES string of the molecule is c1ccc(-c2nc(-c3ccccc3)nc(-c3ccc4c(c3)sc3cccc(-c5cc6c7ccccc7oc6c6ccccc56)c34)n2)cc1. The molecule has 10 rings (SSSR count). The molecule has 0 unspecified atom stereocenters. The van der Waals surface area contributed by atoms with Crippen LogP contribution in [0.4, 0.5) is 0 Å². The van der Waals surface area contributed by atoms with Crippen LogP contribution in [-0.2, 0) is 0 Å². The number of thiophene rings is 1. The van der Waals surface area contributed by atoms with Gasteiger partial charge in [0.05, 0.1) is 0 Å². The summed E-state index contributed by atoms with van der Waals surface area (Å²) in [4.78, 5) is 14.8. The van der Waals surface area contributed by atoms with Gasteiger partial charge in [0.15, 0.2) is 17.5 Å². The van der Waals surface area contributed by atoms with Crippen LogP contribution in [0.25, 0.3) is 98.2 Å². The van der Waals surface area contributed by atoms with Gasteiger partial charge >= 0.3 is 0 Å². The molecule has 0 bridgehead atoms. The number of hydrogen-bond acceptors (Lipinski definition) is 5. The van der Waals surface area contributed by atoms with Crippen LogP contribution in [0, 0.1) is 0 Å². The van der Waals surface area contributed by atoms with Gasteiger partial charge in [-0.25, -0.2) is 15.0 Å². The summed E-state index contributed by atoms with van der Waals surface area (Å²) >= 11 is 1.80. The summed E-state index contributed by atoms with van der Waals surface area (Å²) in [5, 5.41) is 7.05. The van der Waals surface area contributed by atoms with Crippen molar-refractivity contribution in [1.29, 1.82) is 0 Å². The maximum absolute atomic E-state index is 6.41. The van der Waals surface area contributed by atoms with Gasteiger partial charge < -0.3 is 4.42 Å². The van der Waals surface area contributed by atoms with Crippen molar-refractivity contribution in [2.45, 2.75) is 0 Å². The lowest BCUT2D eigenvalue weighted by atomic mass is 9.92. The van der Waals surface area contributed by atoms with E-state index >= 15 is 0 Å². The normalized spacial score (nSPS) is 11.8. The Morgan fingerprint density at radius 1 is 0.396 bits per heavy atom. The summed E-state index contributed by atoms with van der Waals surface area (Å²) in [7, 11) is 0. The van der Waals surface area contributed by atoms with Crippen molar-refractivity contribution in [1.82, 2.24) is 15.0 Å². The minimum atomic E-state index is 0.658. The highest BCUT2D eigenvalue weighted by Crippen LogP contribution is 2.45. The maximum Gasteiger partial charge on any atom is 0.164 e. The van der Waals surface area contributed by atoms with Gasteiger partial charge in [-0.2, -0.15) is 0 Å². The van der Waals surface area contributed by atoms with Crippen molar-refractivity contribution in [3.05, 3.63) is 152 Å². The molecule has 3 aromatic heterocycles. The minimum Gasteiger partial charge on any atom is -0.455 e. The molecule has 0 amide bonds. The first-order valence-corrected chi connectivity index (χ1v) is 16.8. The standard InChI is InChI=1S/C43H25N3OS/c1-3-12-26(13-4-1)41-44-42(27-14-5-2-6-15-27)46-43(45-41)28-22-23-33-38(24-28)48-37-21-11-19-31(39(33)37)34-25-35-30-17-9-10-20-36(30)47-40(35)32-18-8-7-16-29(32)34/h1-25H. The third kappa shape index (κ3) is 4.25. The molecule has 0 aliphatic heterocycles. The summed E-state index contributed by atoms with van der Waals surface area (Å²) in [6, 6.07) is 52.7. The number of furan rings is 1. The Morgan fingerprint density at radius 3 is 1.75 bits per heavy atom. The molecule has 48 heavy (non-hydrogen) atoms.